The van der Waals surface area contributed by atoms with Crippen LogP contribution in [0, 0.1) is 6.92 Å². The molecule has 70 valence electrons. The Labute approximate surface area is 81.2 Å². The van der Waals surface area contributed by atoms with Crippen molar-refractivity contribution in [1.29, 1.82) is 0 Å². The fraction of sp³-hybridized carbons (Fsp3) is 0.444. The molecule has 1 aromatic rings. The predicted molar refractivity (Wildman–Crippen MR) is 52.4 cm³/mol. The van der Waals surface area contributed by atoms with Crippen LogP contribution in [0.5, 0.6) is 0 Å². The molecular weight excluding hydrogens is 184 g/mol. The largest absolute Gasteiger partial charge is 0.334 e. The van der Waals surface area contributed by atoms with E-state index in [9.17, 15) is 4.79 Å². The average Bonchev–Trinajstić information content (AvgIpc) is 2.50. The summed E-state index contributed by atoms with van der Waals surface area (Å²) in [7, 11) is 0. The van der Waals surface area contributed by atoms with Crippen LogP contribution in [0.1, 0.15) is 10.4 Å². The van der Waals surface area contributed by atoms with Crippen molar-refractivity contribution < 1.29 is 4.79 Å². The highest BCUT2D eigenvalue weighted by atomic mass is 32.1. The molecule has 1 aliphatic heterocycles. The predicted octanol–water partition coefficient (Wildman–Crippen LogP) is 0.726. The van der Waals surface area contributed by atoms with Gasteiger partial charge in [-0.1, -0.05) is 0 Å². The molecule has 0 aliphatic carbocycles. The molecule has 0 radical (unpaired) electrons. The summed E-state index contributed by atoms with van der Waals surface area (Å²) < 4.78 is 0. The number of amides is 1. The van der Waals surface area contributed by atoms with Gasteiger partial charge >= 0.3 is 0 Å². The molecule has 13 heavy (non-hydrogen) atoms. The van der Waals surface area contributed by atoms with Crippen LogP contribution in [0.2, 0.25) is 0 Å². The minimum Gasteiger partial charge on any atom is -0.334 e. The van der Waals surface area contributed by atoms with Crippen molar-refractivity contribution in [2.75, 3.05) is 6.54 Å². The van der Waals surface area contributed by atoms with Crippen molar-refractivity contribution in [3.8, 4) is 0 Å². The zero-order valence-electron chi connectivity index (χ0n) is 7.49. The third kappa shape index (κ3) is 1.59. The lowest BCUT2D eigenvalue weighted by molar-refractivity contribution is -0.143. The Morgan fingerprint density at radius 3 is 3.00 bits per heavy atom. The number of rotatable bonds is 2. The number of aryl methyl sites for hydroxylation is 1. The van der Waals surface area contributed by atoms with Crippen LogP contribution in [-0.4, -0.2) is 23.4 Å². The molecule has 1 aromatic heterocycles. The van der Waals surface area contributed by atoms with Gasteiger partial charge < -0.3 is 10.6 Å². The van der Waals surface area contributed by atoms with E-state index >= 15 is 0 Å². The third-order valence-corrected chi connectivity index (χ3v) is 3.22. The lowest BCUT2D eigenvalue weighted by atomic mass is 10.1. The third-order valence-electron chi connectivity index (χ3n) is 2.18. The highest BCUT2D eigenvalue weighted by Gasteiger charge is 2.33. The van der Waals surface area contributed by atoms with Crippen molar-refractivity contribution in [2.45, 2.75) is 19.5 Å². The van der Waals surface area contributed by atoms with E-state index in [0.717, 1.165) is 6.54 Å². The van der Waals surface area contributed by atoms with Gasteiger partial charge in [0.1, 0.15) is 6.04 Å². The van der Waals surface area contributed by atoms with Gasteiger partial charge in [0.25, 0.3) is 0 Å². The molecule has 1 atom stereocenters. The van der Waals surface area contributed by atoms with Gasteiger partial charge in [0.2, 0.25) is 5.91 Å². The molecule has 3 nitrogen and oxygen atoms in total. The summed E-state index contributed by atoms with van der Waals surface area (Å²) in [5, 5.41) is 2.10. The highest BCUT2D eigenvalue weighted by Crippen LogP contribution is 2.19. The summed E-state index contributed by atoms with van der Waals surface area (Å²) in [6, 6.07) is 1.86. The topological polar surface area (TPSA) is 46.3 Å². The molecule has 0 bridgehead atoms. The molecule has 2 rings (SSSR count). The maximum absolute atomic E-state index is 11.2. The monoisotopic (exact) mass is 196 g/mol. The SMILES string of the molecule is Cc1csc(CN2CC(N)C2=O)c1. The minimum atomic E-state index is -0.249. The van der Waals surface area contributed by atoms with E-state index in [1.54, 1.807) is 16.2 Å². The number of nitrogens with two attached hydrogens (primary N) is 1. The Morgan fingerprint density at radius 2 is 2.54 bits per heavy atom. The van der Waals surface area contributed by atoms with Gasteiger partial charge in [-0.15, -0.1) is 11.3 Å². The quantitative estimate of drug-likeness (QED) is 0.709. The second kappa shape index (κ2) is 3.12. The van der Waals surface area contributed by atoms with Crippen molar-refractivity contribution in [3.05, 3.63) is 21.9 Å². The van der Waals surface area contributed by atoms with Crippen LogP contribution >= 0.6 is 11.3 Å². The first kappa shape index (κ1) is 8.72. The first-order chi connectivity index (χ1) is 6.16. The molecule has 1 amide bonds. The average molecular weight is 196 g/mol. The second-order valence-electron chi connectivity index (χ2n) is 3.42. The number of nitrogens with zero attached hydrogens (tertiary/aromatic N) is 1. The summed E-state index contributed by atoms with van der Waals surface area (Å²) in [5.74, 6) is 0.0750. The Hall–Kier alpha value is -0.870. The van der Waals surface area contributed by atoms with Crippen LogP contribution < -0.4 is 5.73 Å². The van der Waals surface area contributed by atoms with Gasteiger partial charge in [-0.25, -0.2) is 0 Å². The fourth-order valence-electron chi connectivity index (χ4n) is 1.43. The van der Waals surface area contributed by atoms with Crippen LogP contribution in [0.3, 0.4) is 0 Å². The summed E-state index contributed by atoms with van der Waals surface area (Å²) in [6.07, 6.45) is 0. The van der Waals surface area contributed by atoms with Gasteiger partial charge in [0.15, 0.2) is 0 Å². The summed E-state index contributed by atoms with van der Waals surface area (Å²) in [5.41, 5.74) is 6.74. The fourth-order valence-corrected chi connectivity index (χ4v) is 2.32. The zero-order chi connectivity index (χ0) is 9.42. The second-order valence-corrected chi connectivity index (χ2v) is 4.41. The Balaban J connectivity index is 1.96. The van der Waals surface area contributed by atoms with E-state index in [1.165, 1.54) is 10.4 Å². The smallest absolute Gasteiger partial charge is 0.241 e. The molecule has 1 fully saturated rings. The lowest BCUT2D eigenvalue weighted by Gasteiger charge is -2.35. The summed E-state index contributed by atoms with van der Waals surface area (Å²) in [4.78, 5) is 14.2. The van der Waals surface area contributed by atoms with Gasteiger partial charge in [-0.05, 0) is 23.9 Å². The van der Waals surface area contributed by atoms with Crippen molar-refractivity contribution in [2.24, 2.45) is 5.73 Å². The first-order valence-electron chi connectivity index (χ1n) is 4.25. The van der Waals surface area contributed by atoms with E-state index < -0.39 is 0 Å². The molecule has 1 saturated heterocycles. The minimum absolute atomic E-state index is 0.0750. The molecule has 0 aromatic carbocycles. The Kier molecular flexibility index (Phi) is 2.09. The van der Waals surface area contributed by atoms with Crippen LogP contribution in [-0.2, 0) is 11.3 Å². The molecule has 2 N–H and O–H groups in total. The van der Waals surface area contributed by atoms with Gasteiger partial charge in [0.05, 0.1) is 6.54 Å². The maximum atomic E-state index is 11.2. The molecular formula is C9H12N2OS. The number of likely N-dealkylation sites (tertiary alicyclic amines) is 1. The number of hydrogen-bond donors (Lipinski definition) is 1. The van der Waals surface area contributed by atoms with Crippen molar-refractivity contribution in [3.63, 3.8) is 0 Å². The molecule has 1 aliphatic rings. The molecule has 0 spiro atoms. The lowest BCUT2D eigenvalue weighted by Crippen LogP contribution is -2.60. The van der Waals surface area contributed by atoms with Crippen LogP contribution in [0.4, 0.5) is 0 Å². The first-order valence-corrected chi connectivity index (χ1v) is 5.13. The van der Waals surface area contributed by atoms with E-state index in [1.807, 2.05) is 0 Å². The molecule has 1 unspecified atom stereocenters. The number of carbonyl (C=O) groups is 1. The zero-order valence-corrected chi connectivity index (χ0v) is 8.30. The van der Waals surface area contributed by atoms with Crippen molar-refractivity contribution >= 4 is 17.2 Å². The molecule has 2 heterocycles. The van der Waals surface area contributed by atoms with E-state index in [4.69, 9.17) is 5.73 Å². The van der Waals surface area contributed by atoms with Crippen LogP contribution in [0.15, 0.2) is 11.4 Å². The summed E-state index contributed by atoms with van der Waals surface area (Å²) in [6.45, 7) is 3.49. The van der Waals surface area contributed by atoms with Gasteiger partial charge in [0, 0.05) is 11.4 Å². The molecule has 4 heteroatoms. The van der Waals surface area contributed by atoms with E-state index in [2.05, 4.69) is 18.4 Å². The summed E-state index contributed by atoms with van der Waals surface area (Å²) >= 11 is 1.70. The van der Waals surface area contributed by atoms with E-state index in [-0.39, 0.29) is 11.9 Å². The normalized spacial score (nSPS) is 21.8. The number of β-lactam (4-membered cyclic amide) rings is 1. The standard InChI is InChI=1S/C9H12N2OS/c1-6-2-7(13-5-6)3-11-4-8(10)9(11)12/h2,5,8H,3-4,10H2,1H3. The van der Waals surface area contributed by atoms with Gasteiger partial charge in [-0.3, -0.25) is 4.79 Å². The number of carbonyl (C=O) groups excluding carboxylic acids is 1. The Bertz CT molecular complexity index is 334. The number of thiophene rings is 1. The van der Waals surface area contributed by atoms with Crippen molar-refractivity contribution in [1.82, 2.24) is 4.90 Å². The van der Waals surface area contributed by atoms with Crippen LogP contribution in [0.25, 0.3) is 0 Å². The number of hydrogen-bond acceptors (Lipinski definition) is 3. The maximum Gasteiger partial charge on any atom is 0.241 e. The molecule has 0 saturated carbocycles. The van der Waals surface area contributed by atoms with E-state index in [0.29, 0.717) is 6.54 Å². The Morgan fingerprint density at radius 1 is 1.77 bits per heavy atom. The highest BCUT2D eigenvalue weighted by molar-refractivity contribution is 7.10. The van der Waals surface area contributed by atoms with Gasteiger partial charge in [-0.2, -0.15) is 0 Å².